The number of ether oxygens (including phenoxy) is 1. The standard InChI is InChI=1S/C23H27NO4/c1-23(2,3)14-7-8-18-16(12-14)21-15(5-4-10-28-21)20(24-18)13-6-9-19(25)17(11-13)22(26)27/h6-9,11-12,15,20-21,24-25H,4-5,10H2,1-3H3,(H,26,27). The van der Waals surface area contributed by atoms with Crippen molar-refractivity contribution in [1.29, 1.82) is 0 Å². The maximum Gasteiger partial charge on any atom is 0.339 e. The molecule has 0 aliphatic carbocycles. The minimum atomic E-state index is -1.12. The second-order valence-corrected chi connectivity index (χ2v) is 8.85. The van der Waals surface area contributed by atoms with Crippen molar-refractivity contribution in [2.75, 3.05) is 11.9 Å². The number of aromatic carboxylic acids is 1. The first-order valence-corrected chi connectivity index (χ1v) is 9.84. The molecule has 3 N–H and O–H groups in total. The summed E-state index contributed by atoms with van der Waals surface area (Å²) in [5.41, 5.74) is 4.35. The van der Waals surface area contributed by atoms with E-state index in [1.54, 1.807) is 12.1 Å². The lowest BCUT2D eigenvalue weighted by Gasteiger charge is -2.44. The molecule has 0 amide bonds. The van der Waals surface area contributed by atoms with Crippen molar-refractivity contribution >= 4 is 11.7 Å². The average molecular weight is 381 g/mol. The van der Waals surface area contributed by atoms with Gasteiger partial charge in [-0.05, 0) is 47.6 Å². The highest BCUT2D eigenvalue weighted by molar-refractivity contribution is 5.91. The lowest BCUT2D eigenvalue weighted by molar-refractivity contribution is -0.0382. The number of phenols is 1. The third kappa shape index (κ3) is 3.24. The van der Waals surface area contributed by atoms with Crippen LogP contribution in [0.5, 0.6) is 5.75 Å². The van der Waals surface area contributed by atoms with Gasteiger partial charge in [-0.2, -0.15) is 0 Å². The topological polar surface area (TPSA) is 78.8 Å². The fraction of sp³-hybridized carbons (Fsp3) is 0.435. The third-order valence-corrected chi connectivity index (χ3v) is 5.94. The quantitative estimate of drug-likeness (QED) is 0.680. The van der Waals surface area contributed by atoms with Crippen LogP contribution in [0.1, 0.15) is 72.8 Å². The molecule has 5 heteroatoms. The number of hydrogen-bond donors (Lipinski definition) is 3. The molecule has 0 spiro atoms. The van der Waals surface area contributed by atoms with Gasteiger partial charge < -0.3 is 20.3 Å². The van der Waals surface area contributed by atoms with Gasteiger partial charge in [-0.1, -0.05) is 39.0 Å². The van der Waals surface area contributed by atoms with Crippen LogP contribution in [0.3, 0.4) is 0 Å². The van der Waals surface area contributed by atoms with E-state index < -0.39 is 5.97 Å². The van der Waals surface area contributed by atoms with Crippen LogP contribution in [-0.4, -0.2) is 22.8 Å². The van der Waals surface area contributed by atoms with E-state index >= 15 is 0 Å². The highest BCUT2D eigenvalue weighted by Gasteiger charge is 2.40. The van der Waals surface area contributed by atoms with Gasteiger partial charge in [0.05, 0.1) is 12.1 Å². The van der Waals surface area contributed by atoms with E-state index in [4.69, 9.17) is 4.74 Å². The monoisotopic (exact) mass is 381 g/mol. The Bertz CT molecular complexity index is 915. The molecule has 1 fully saturated rings. The molecule has 2 aromatic rings. The number of carboxylic acids is 1. The number of hydrogen-bond acceptors (Lipinski definition) is 4. The molecule has 2 aromatic carbocycles. The highest BCUT2D eigenvalue weighted by Crippen LogP contribution is 2.50. The number of benzene rings is 2. The van der Waals surface area contributed by atoms with E-state index in [-0.39, 0.29) is 34.8 Å². The molecule has 3 atom stereocenters. The highest BCUT2D eigenvalue weighted by atomic mass is 16.5. The minimum absolute atomic E-state index is 0.0145. The second kappa shape index (κ2) is 6.82. The molecular weight excluding hydrogens is 354 g/mol. The summed E-state index contributed by atoms with van der Waals surface area (Å²) >= 11 is 0. The number of rotatable bonds is 2. The first-order chi connectivity index (χ1) is 13.3. The van der Waals surface area contributed by atoms with Crippen molar-refractivity contribution in [1.82, 2.24) is 0 Å². The van der Waals surface area contributed by atoms with Gasteiger partial charge in [0.1, 0.15) is 11.3 Å². The summed E-state index contributed by atoms with van der Waals surface area (Å²) in [5, 5.41) is 22.9. The van der Waals surface area contributed by atoms with E-state index in [1.807, 2.05) is 0 Å². The van der Waals surface area contributed by atoms with Gasteiger partial charge >= 0.3 is 5.97 Å². The van der Waals surface area contributed by atoms with Crippen LogP contribution in [0.15, 0.2) is 36.4 Å². The van der Waals surface area contributed by atoms with E-state index in [2.05, 4.69) is 44.3 Å². The summed E-state index contributed by atoms with van der Waals surface area (Å²) < 4.78 is 6.22. The van der Waals surface area contributed by atoms with Crippen molar-refractivity contribution in [3.05, 3.63) is 58.7 Å². The molecule has 0 bridgehead atoms. The average Bonchev–Trinajstić information content (AvgIpc) is 2.66. The normalized spacial score (nSPS) is 24.0. The fourth-order valence-corrected chi connectivity index (χ4v) is 4.39. The van der Waals surface area contributed by atoms with Gasteiger partial charge in [-0.15, -0.1) is 0 Å². The zero-order valence-corrected chi connectivity index (χ0v) is 16.5. The third-order valence-electron chi connectivity index (χ3n) is 5.94. The molecule has 148 valence electrons. The lowest BCUT2D eigenvalue weighted by atomic mass is 9.75. The van der Waals surface area contributed by atoms with E-state index in [1.165, 1.54) is 17.2 Å². The van der Waals surface area contributed by atoms with E-state index in [9.17, 15) is 15.0 Å². The maximum atomic E-state index is 11.5. The van der Waals surface area contributed by atoms with Gasteiger partial charge in [0.2, 0.25) is 0 Å². The molecule has 1 saturated heterocycles. The predicted octanol–water partition coefficient (Wildman–Crippen LogP) is 5.02. The van der Waals surface area contributed by atoms with Gasteiger partial charge in [0, 0.05) is 23.8 Å². The predicted molar refractivity (Wildman–Crippen MR) is 108 cm³/mol. The Hall–Kier alpha value is -2.53. The SMILES string of the molecule is CC(C)(C)c1ccc2c(c1)C1OCCCC1C(c1ccc(O)c(C(=O)O)c1)N2. The van der Waals surface area contributed by atoms with E-state index in [0.29, 0.717) is 0 Å². The number of carboxylic acid groups (broad SMARTS) is 1. The Kier molecular flexibility index (Phi) is 4.58. The molecule has 5 nitrogen and oxygen atoms in total. The molecule has 3 unspecified atom stereocenters. The molecule has 0 radical (unpaired) electrons. The maximum absolute atomic E-state index is 11.5. The number of fused-ring (bicyclic) bond motifs is 3. The van der Waals surface area contributed by atoms with Crippen molar-refractivity contribution in [3.63, 3.8) is 0 Å². The molecule has 2 heterocycles. The van der Waals surface area contributed by atoms with E-state index in [0.717, 1.165) is 30.7 Å². The Balaban J connectivity index is 1.78. The molecule has 0 aromatic heterocycles. The van der Waals surface area contributed by atoms with Crippen LogP contribution in [0.2, 0.25) is 0 Å². The van der Waals surface area contributed by atoms with Crippen molar-refractivity contribution in [2.45, 2.75) is 51.2 Å². The van der Waals surface area contributed by atoms with Gasteiger partial charge in [-0.3, -0.25) is 0 Å². The van der Waals surface area contributed by atoms with Crippen molar-refractivity contribution in [3.8, 4) is 5.75 Å². The van der Waals surface area contributed by atoms with Gasteiger partial charge in [0.15, 0.2) is 0 Å². The molecule has 4 rings (SSSR count). The summed E-state index contributed by atoms with van der Waals surface area (Å²) in [6.07, 6.45) is 1.97. The largest absolute Gasteiger partial charge is 0.507 e. The molecule has 0 saturated carbocycles. The lowest BCUT2D eigenvalue weighted by Crippen LogP contribution is -2.36. The molecule has 28 heavy (non-hydrogen) atoms. The summed E-state index contributed by atoms with van der Waals surface area (Å²) in [6.45, 7) is 7.35. The van der Waals surface area contributed by atoms with Crippen LogP contribution in [0.4, 0.5) is 5.69 Å². The van der Waals surface area contributed by atoms with Crippen molar-refractivity contribution < 1.29 is 19.7 Å². The smallest absolute Gasteiger partial charge is 0.339 e. The van der Waals surface area contributed by atoms with Crippen LogP contribution < -0.4 is 5.32 Å². The van der Waals surface area contributed by atoms with Crippen LogP contribution in [0, 0.1) is 5.92 Å². The minimum Gasteiger partial charge on any atom is -0.507 e. The van der Waals surface area contributed by atoms with Gasteiger partial charge in [-0.25, -0.2) is 4.79 Å². The van der Waals surface area contributed by atoms with Crippen LogP contribution in [0.25, 0.3) is 0 Å². The number of anilines is 1. The molecule has 2 aliphatic rings. The number of aromatic hydroxyl groups is 1. The zero-order chi connectivity index (χ0) is 20.1. The first-order valence-electron chi connectivity index (χ1n) is 9.84. The fourth-order valence-electron chi connectivity index (χ4n) is 4.39. The van der Waals surface area contributed by atoms with Crippen molar-refractivity contribution in [2.24, 2.45) is 5.92 Å². The second-order valence-electron chi connectivity index (χ2n) is 8.85. The molecular formula is C23H27NO4. The Morgan fingerprint density at radius 1 is 1.18 bits per heavy atom. The molecule has 2 aliphatic heterocycles. The van der Waals surface area contributed by atoms with Crippen LogP contribution >= 0.6 is 0 Å². The first kappa shape index (κ1) is 18.8. The summed E-state index contributed by atoms with van der Waals surface area (Å²) in [5.74, 6) is -1.12. The van der Waals surface area contributed by atoms with Gasteiger partial charge in [0.25, 0.3) is 0 Å². The summed E-state index contributed by atoms with van der Waals surface area (Å²) in [6, 6.07) is 11.3. The zero-order valence-electron chi connectivity index (χ0n) is 16.5. The van der Waals surface area contributed by atoms with Crippen LogP contribution in [-0.2, 0) is 10.2 Å². The summed E-state index contributed by atoms with van der Waals surface area (Å²) in [7, 11) is 0. The Morgan fingerprint density at radius 2 is 1.96 bits per heavy atom. The Morgan fingerprint density at radius 3 is 2.68 bits per heavy atom. The number of nitrogens with one attached hydrogen (secondary N) is 1. The summed E-state index contributed by atoms with van der Waals surface area (Å²) in [4.78, 5) is 11.5. The number of carbonyl (C=O) groups is 1. The Labute approximate surface area is 165 Å².